The van der Waals surface area contributed by atoms with Gasteiger partial charge in [-0.3, -0.25) is 9.69 Å². The smallest absolute Gasteiger partial charge is 0.274 e. The number of anilines is 2. The molecule has 29 heavy (non-hydrogen) atoms. The minimum absolute atomic E-state index is 0.0435. The average molecular weight is 416 g/mol. The highest BCUT2D eigenvalue weighted by atomic mass is 32.2. The SMILES string of the molecule is CN1C(=C2SC(=Nc3ccccc3)N(c3ccccc3)C2=O)Sc2ccccc21. The van der Waals surface area contributed by atoms with Gasteiger partial charge >= 0.3 is 0 Å². The number of rotatable bonds is 2. The van der Waals surface area contributed by atoms with Crippen molar-refractivity contribution in [1.82, 2.24) is 0 Å². The lowest BCUT2D eigenvalue weighted by atomic mass is 10.3. The van der Waals surface area contributed by atoms with E-state index in [1.54, 1.807) is 16.7 Å². The van der Waals surface area contributed by atoms with E-state index in [9.17, 15) is 4.79 Å². The number of fused-ring (bicyclic) bond motifs is 1. The summed E-state index contributed by atoms with van der Waals surface area (Å²) in [7, 11) is 2.01. The number of nitrogens with zero attached hydrogens (tertiary/aromatic N) is 3. The van der Waals surface area contributed by atoms with Crippen LogP contribution in [0.5, 0.6) is 0 Å². The van der Waals surface area contributed by atoms with Crippen LogP contribution in [0.1, 0.15) is 0 Å². The lowest BCUT2D eigenvalue weighted by Crippen LogP contribution is -2.29. The fraction of sp³-hybridized carbons (Fsp3) is 0.0435. The van der Waals surface area contributed by atoms with Crippen molar-refractivity contribution in [2.45, 2.75) is 4.90 Å². The molecule has 3 aromatic rings. The third-order valence-corrected chi connectivity index (χ3v) is 7.10. The standard InChI is InChI=1S/C23H17N3OS2/c1-25-18-14-8-9-15-19(18)28-22(25)20-21(27)26(17-12-6-3-7-13-17)23(29-20)24-16-10-4-2-5-11-16/h2-15H,1H3. The van der Waals surface area contributed by atoms with Crippen molar-refractivity contribution in [2.75, 3.05) is 16.8 Å². The fourth-order valence-electron chi connectivity index (χ4n) is 3.30. The monoisotopic (exact) mass is 415 g/mol. The highest BCUT2D eigenvalue weighted by molar-refractivity contribution is 8.20. The van der Waals surface area contributed by atoms with Gasteiger partial charge < -0.3 is 4.90 Å². The number of benzene rings is 3. The molecule has 0 atom stereocenters. The van der Waals surface area contributed by atoms with E-state index in [-0.39, 0.29) is 5.91 Å². The molecule has 0 aliphatic carbocycles. The van der Waals surface area contributed by atoms with Crippen molar-refractivity contribution in [1.29, 1.82) is 0 Å². The summed E-state index contributed by atoms with van der Waals surface area (Å²) in [6.07, 6.45) is 0. The number of hydrogen-bond acceptors (Lipinski definition) is 5. The first kappa shape index (κ1) is 18.1. The lowest BCUT2D eigenvalue weighted by Gasteiger charge is -2.16. The van der Waals surface area contributed by atoms with Crippen molar-refractivity contribution in [2.24, 2.45) is 4.99 Å². The van der Waals surface area contributed by atoms with E-state index in [1.807, 2.05) is 79.8 Å². The maximum Gasteiger partial charge on any atom is 0.274 e. The Kier molecular flexibility index (Phi) is 4.66. The Morgan fingerprint density at radius 2 is 1.45 bits per heavy atom. The summed E-state index contributed by atoms with van der Waals surface area (Å²) in [6.45, 7) is 0. The zero-order valence-corrected chi connectivity index (χ0v) is 17.3. The average Bonchev–Trinajstić information content (AvgIpc) is 3.26. The summed E-state index contributed by atoms with van der Waals surface area (Å²) in [6, 6.07) is 27.6. The first-order chi connectivity index (χ1) is 14.2. The fourth-order valence-corrected chi connectivity index (χ4v) is 5.64. The molecule has 0 saturated carbocycles. The molecule has 0 bridgehead atoms. The molecule has 6 heteroatoms. The summed E-state index contributed by atoms with van der Waals surface area (Å²) in [5.41, 5.74) is 2.76. The minimum Gasteiger partial charge on any atom is -0.337 e. The molecule has 0 aromatic heterocycles. The second-order valence-electron chi connectivity index (χ2n) is 6.57. The number of aliphatic imine (C=N–C) groups is 1. The Hall–Kier alpha value is -2.96. The van der Waals surface area contributed by atoms with Gasteiger partial charge in [0.15, 0.2) is 5.17 Å². The van der Waals surface area contributed by atoms with Crippen LogP contribution in [0, 0.1) is 0 Å². The highest BCUT2D eigenvalue weighted by Gasteiger charge is 2.39. The van der Waals surface area contributed by atoms with Gasteiger partial charge in [-0.1, -0.05) is 60.3 Å². The van der Waals surface area contributed by atoms with Gasteiger partial charge in [-0.2, -0.15) is 0 Å². The molecule has 2 aliphatic heterocycles. The Labute approximate surface area is 177 Å². The third-order valence-electron chi connectivity index (χ3n) is 4.71. The van der Waals surface area contributed by atoms with Gasteiger partial charge in [0.2, 0.25) is 0 Å². The Balaban J connectivity index is 1.61. The first-order valence-corrected chi connectivity index (χ1v) is 10.8. The van der Waals surface area contributed by atoms with E-state index >= 15 is 0 Å². The van der Waals surface area contributed by atoms with Crippen LogP contribution >= 0.6 is 23.5 Å². The van der Waals surface area contributed by atoms with Crippen LogP contribution in [-0.4, -0.2) is 18.1 Å². The van der Waals surface area contributed by atoms with E-state index in [2.05, 4.69) is 17.0 Å². The van der Waals surface area contributed by atoms with E-state index < -0.39 is 0 Å². The van der Waals surface area contributed by atoms with E-state index in [0.29, 0.717) is 10.1 Å². The van der Waals surface area contributed by atoms with Crippen LogP contribution < -0.4 is 9.80 Å². The zero-order chi connectivity index (χ0) is 19.8. The van der Waals surface area contributed by atoms with Gasteiger partial charge in [0.25, 0.3) is 5.91 Å². The van der Waals surface area contributed by atoms with Gasteiger partial charge in [0, 0.05) is 11.9 Å². The molecule has 0 spiro atoms. The number of carbonyl (C=O) groups excluding carboxylic acids is 1. The molecule has 2 aliphatic rings. The summed E-state index contributed by atoms with van der Waals surface area (Å²) < 4.78 is 0. The molecule has 3 aromatic carbocycles. The molecule has 2 heterocycles. The number of thioether (sulfide) groups is 2. The number of hydrogen-bond donors (Lipinski definition) is 0. The number of carbonyl (C=O) groups is 1. The van der Waals surface area contributed by atoms with Gasteiger partial charge in [-0.25, -0.2) is 4.99 Å². The predicted octanol–water partition coefficient (Wildman–Crippen LogP) is 5.87. The number of amidine groups is 1. The second kappa shape index (κ2) is 7.46. The Morgan fingerprint density at radius 3 is 2.17 bits per heavy atom. The Bertz CT molecular complexity index is 1140. The quantitative estimate of drug-likeness (QED) is 0.491. The summed E-state index contributed by atoms with van der Waals surface area (Å²) in [5, 5.41) is 1.61. The van der Waals surface area contributed by atoms with Crippen molar-refractivity contribution in [3.8, 4) is 0 Å². The predicted molar refractivity (Wildman–Crippen MR) is 123 cm³/mol. The highest BCUT2D eigenvalue weighted by Crippen LogP contribution is 2.50. The van der Waals surface area contributed by atoms with E-state index in [0.717, 1.165) is 27.0 Å². The third kappa shape index (κ3) is 3.24. The second-order valence-corrected chi connectivity index (χ2v) is 8.58. The maximum absolute atomic E-state index is 13.5. The van der Waals surface area contributed by atoms with Crippen molar-refractivity contribution >= 4 is 51.7 Å². The molecule has 0 unspecified atom stereocenters. The molecule has 1 fully saturated rings. The van der Waals surface area contributed by atoms with Gasteiger partial charge in [0.05, 0.1) is 22.1 Å². The minimum atomic E-state index is -0.0435. The van der Waals surface area contributed by atoms with Crippen LogP contribution in [-0.2, 0) is 4.79 Å². The van der Waals surface area contributed by atoms with Crippen LogP contribution in [0.2, 0.25) is 0 Å². The molecule has 142 valence electrons. The van der Waals surface area contributed by atoms with Crippen LogP contribution in [0.15, 0.2) is 105 Å². The normalized spacial score (nSPS) is 19.9. The van der Waals surface area contributed by atoms with Gasteiger partial charge in [0.1, 0.15) is 4.91 Å². The molecule has 5 rings (SSSR count). The van der Waals surface area contributed by atoms with Crippen LogP contribution in [0.3, 0.4) is 0 Å². The summed E-state index contributed by atoms with van der Waals surface area (Å²) in [5.74, 6) is -0.0435. The molecular formula is C23H17N3OS2. The van der Waals surface area contributed by atoms with Crippen molar-refractivity contribution in [3.05, 3.63) is 94.9 Å². The van der Waals surface area contributed by atoms with Crippen molar-refractivity contribution in [3.63, 3.8) is 0 Å². The number of para-hydroxylation sites is 3. The van der Waals surface area contributed by atoms with Crippen LogP contribution in [0.4, 0.5) is 17.1 Å². The molecule has 0 N–H and O–H groups in total. The summed E-state index contributed by atoms with van der Waals surface area (Å²) >= 11 is 3.06. The summed E-state index contributed by atoms with van der Waals surface area (Å²) in [4.78, 5) is 24.0. The topological polar surface area (TPSA) is 35.9 Å². The van der Waals surface area contributed by atoms with E-state index in [1.165, 1.54) is 11.8 Å². The molecule has 1 amide bonds. The van der Waals surface area contributed by atoms with Gasteiger partial charge in [-0.05, 0) is 48.2 Å². The first-order valence-electron chi connectivity index (χ1n) is 9.18. The van der Waals surface area contributed by atoms with Crippen molar-refractivity contribution < 1.29 is 4.79 Å². The molecule has 1 saturated heterocycles. The molecule has 4 nitrogen and oxygen atoms in total. The lowest BCUT2D eigenvalue weighted by molar-refractivity contribution is -0.113. The Morgan fingerprint density at radius 1 is 0.793 bits per heavy atom. The molecular weight excluding hydrogens is 398 g/mol. The van der Waals surface area contributed by atoms with Crippen LogP contribution in [0.25, 0.3) is 0 Å². The maximum atomic E-state index is 13.5. The molecule has 0 radical (unpaired) electrons. The van der Waals surface area contributed by atoms with Gasteiger partial charge in [-0.15, -0.1) is 0 Å². The largest absolute Gasteiger partial charge is 0.337 e. The van der Waals surface area contributed by atoms with E-state index in [4.69, 9.17) is 4.99 Å². The zero-order valence-electron chi connectivity index (χ0n) is 15.6. The number of amides is 1.